The number of hydrogen-bond donors (Lipinski definition) is 2. The molecule has 2 atom stereocenters. The number of amides is 1. The number of nitrogens with one attached hydrogen (secondary N) is 2. The Balaban J connectivity index is 1.18. The number of hydrogen-bond acceptors (Lipinski definition) is 7. The van der Waals surface area contributed by atoms with Gasteiger partial charge in [0, 0.05) is 25.3 Å². The molecule has 2 saturated heterocycles. The van der Waals surface area contributed by atoms with Crippen LogP contribution in [-0.2, 0) is 4.79 Å². The minimum atomic E-state index is -4.22. The number of carbonyl (C=O) groups is 1. The van der Waals surface area contributed by atoms with Crippen LogP contribution in [0.3, 0.4) is 0 Å². The molecule has 8 nitrogen and oxygen atoms in total. The standard InChI is InChI=1S/C19H22ClF4N5O3Si/c20-13-2-1-12(5-14(13)21)31-8-16(30)28-33-4-3-15(25-10-33)18-27-26-17(32-18)11-6-29(7-11)9-19(22,23)24/h1-2,5,11,15,25,33H,3-4,6-10H2,(H,28,30)/t15-,33+/m1/s1. The molecule has 180 valence electrons. The van der Waals surface area contributed by atoms with Gasteiger partial charge in [-0.25, -0.2) is 4.39 Å². The molecule has 2 aliphatic heterocycles. The normalized spacial score (nSPS) is 22.1. The van der Waals surface area contributed by atoms with Crippen LogP contribution >= 0.6 is 11.6 Å². The fourth-order valence-corrected chi connectivity index (χ4v) is 6.25. The Morgan fingerprint density at radius 2 is 2.09 bits per heavy atom. The SMILES string of the molecule is O=C(COc1ccc(Cl)c(F)c1)N[Si@H]1CC[C@H](c2nnc(C3CN(CC(F)(F)F)C3)o2)NC1. The van der Waals surface area contributed by atoms with Crippen LogP contribution in [0.5, 0.6) is 5.75 Å². The Morgan fingerprint density at radius 1 is 1.33 bits per heavy atom. The maximum Gasteiger partial charge on any atom is 0.401 e. The Hall–Kier alpha value is -2.22. The molecular weight excluding hydrogens is 486 g/mol. The minimum absolute atomic E-state index is 0.0217. The number of aromatic nitrogens is 2. The molecule has 14 heteroatoms. The molecule has 0 unspecified atom stereocenters. The number of likely N-dealkylation sites (tertiary alicyclic amines) is 1. The first-order chi connectivity index (χ1) is 15.7. The zero-order valence-corrected chi connectivity index (χ0v) is 19.3. The first-order valence-electron chi connectivity index (χ1n) is 10.4. The van der Waals surface area contributed by atoms with Crippen LogP contribution < -0.4 is 15.0 Å². The summed E-state index contributed by atoms with van der Waals surface area (Å²) in [5.74, 6) is -0.106. The maximum absolute atomic E-state index is 13.4. The molecule has 1 aromatic heterocycles. The van der Waals surface area contributed by atoms with E-state index in [0.717, 1.165) is 12.1 Å². The highest BCUT2D eigenvalue weighted by atomic mass is 35.5. The van der Waals surface area contributed by atoms with Crippen LogP contribution in [0.1, 0.15) is 30.2 Å². The number of nitrogens with zero attached hydrogens (tertiary/aromatic N) is 3. The van der Waals surface area contributed by atoms with Gasteiger partial charge in [-0.1, -0.05) is 11.6 Å². The maximum atomic E-state index is 13.4. The van der Waals surface area contributed by atoms with Crippen molar-refractivity contribution >= 4 is 26.5 Å². The predicted octanol–water partition coefficient (Wildman–Crippen LogP) is 2.32. The monoisotopic (exact) mass is 507 g/mol. The first-order valence-corrected chi connectivity index (χ1v) is 13.0. The van der Waals surface area contributed by atoms with Crippen LogP contribution in [0.4, 0.5) is 17.6 Å². The molecule has 33 heavy (non-hydrogen) atoms. The summed E-state index contributed by atoms with van der Waals surface area (Å²) in [4.78, 5) is 16.4. The summed E-state index contributed by atoms with van der Waals surface area (Å²) in [6.07, 6.45) is -2.92. The van der Waals surface area contributed by atoms with Gasteiger partial charge in [0.25, 0.3) is 0 Å². The third-order valence-electron chi connectivity index (χ3n) is 5.50. The molecule has 0 aliphatic carbocycles. The van der Waals surface area contributed by atoms with Crippen LogP contribution in [0, 0.1) is 5.82 Å². The molecule has 0 spiro atoms. The van der Waals surface area contributed by atoms with Crippen molar-refractivity contribution < 1.29 is 31.5 Å². The highest BCUT2D eigenvalue weighted by Crippen LogP contribution is 2.31. The van der Waals surface area contributed by atoms with Crippen molar-refractivity contribution in [3.05, 3.63) is 40.8 Å². The molecule has 3 heterocycles. The second-order valence-electron chi connectivity index (χ2n) is 8.15. The van der Waals surface area contributed by atoms with Crippen molar-refractivity contribution in [2.24, 2.45) is 0 Å². The third kappa shape index (κ3) is 6.43. The lowest BCUT2D eigenvalue weighted by molar-refractivity contribution is -0.155. The lowest BCUT2D eigenvalue weighted by atomic mass is 10.0. The number of halogens is 5. The Bertz CT molecular complexity index is 981. The van der Waals surface area contributed by atoms with Crippen LogP contribution in [0.15, 0.2) is 22.6 Å². The van der Waals surface area contributed by atoms with E-state index in [1.54, 1.807) is 0 Å². The summed E-state index contributed by atoms with van der Waals surface area (Å²) >= 11 is 5.62. The quantitative estimate of drug-likeness (QED) is 0.439. The summed E-state index contributed by atoms with van der Waals surface area (Å²) in [7, 11) is -1.62. The van der Waals surface area contributed by atoms with Crippen molar-refractivity contribution in [1.29, 1.82) is 0 Å². The summed E-state index contributed by atoms with van der Waals surface area (Å²) in [6.45, 7) is -0.683. The summed E-state index contributed by atoms with van der Waals surface area (Å²) in [5, 5.41) is 11.3. The Morgan fingerprint density at radius 3 is 2.76 bits per heavy atom. The highest BCUT2D eigenvalue weighted by Gasteiger charge is 2.40. The smallest absolute Gasteiger partial charge is 0.401 e. The number of alkyl halides is 3. The van der Waals surface area contributed by atoms with Gasteiger partial charge in [-0.15, -0.1) is 10.2 Å². The van der Waals surface area contributed by atoms with Gasteiger partial charge in [-0.2, -0.15) is 13.2 Å². The van der Waals surface area contributed by atoms with Crippen LogP contribution in [-0.4, -0.2) is 68.5 Å². The predicted molar refractivity (Wildman–Crippen MR) is 112 cm³/mol. The molecule has 2 aromatic rings. The average molecular weight is 508 g/mol. The Labute approximate surface area is 193 Å². The number of benzene rings is 1. The molecule has 0 radical (unpaired) electrons. The summed E-state index contributed by atoms with van der Waals surface area (Å²) in [6, 6.07) is 4.59. The van der Waals surface area contributed by atoms with Crippen LogP contribution in [0.25, 0.3) is 0 Å². The second kappa shape index (κ2) is 9.95. The van der Waals surface area contributed by atoms with Crippen molar-refractivity contribution in [1.82, 2.24) is 25.4 Å². The summed E-state index contributed by atoms with van der Waals surface area (Å²) < 4.78 is 61.7. The highest BCUT2D eigenvalue weighted by molar-refractivity contribution is 6.59. The van der Waals surface area contributed by atoms with Gasteiger partial charge in [0.1, 0.15) is 11.6 Å². The van der Waals surface area contributed by atoms with E-state index in [0.29, 0.717) is 24.4 Å². The van der Waals surface area contributed by atoms with E-state index in [1.165, 1.54) is 17.0 Å². The zero-order valence-electron chi connectivity index (χ0n) is 17.4. The molecular formula is C19H22ClF4N5O3Si. The lowest BCUT2D eigenvalue weighted by Gasteiger charge is -2.37. The van der Waals surface area contributed by atoms with Crippen LogP contribution in [0.2, 0.25) is 11.1 Å². The molecule has 1 amide bonds. The largest absolute Gasteiger partial charge is 0.484 e. The van der Waals surface area contributed by atoms with Gasteiger partial charge in [0.05, 0.1) is 23.5 Å². The van der Waals surface area contributed by atoms with Crippen molar-refractivity contribution in [3.8, 4) is 5.75 Å². The summed E-state index contributed by atoms with van der Waals surface area (Å²) in [5.41, 5.74) is 0. The van der Waals surface area contributed by atoms with E-state index in [1.807, 2.05) is 0 Å². The fraction of sp³-hybridized carbons (Fsp3) is 0.526. The molecule has 2 aliphatic rings. The number of rotatable bonds is 7. The zero-order chi connectivity index (χ0) is 23.6. The van der Waals surface area contributed by atoms with E-state index in [4.69, 9.17) is 20.8 Å². The second-order valence-corrected chi connectivity index (χ2v) is 11.2. The van der Waals surface area contributed by atoms with E-state index < -0.39 is 27.5 Å². The van der Waals surface area contributed by atoms with E-state index in [2.05, 4.69) is 20.5 Å². The van der Waals surface area contributed by atoms with Gasteiger partial charge in [-0.3, -0.25) is 9.69 Å². The van der Waals surface area contributed by atoms with Gasteiger partial charge in [0.15, 0.2) is 15.6 Å². The van der Waals surface area contributed by atoms with Gasteiger partial charge >= 0.3 is 6.18 Å². The molecule has 2 fully saturated rings. The van der Waals surface area contributed by atoms with E-state index in [9.17, 15) is 22.4 Å². The van der Waals surface area contributed by atoms with Crippen molar-refractivity contribution in [2.45, 2.75) is 30.6 Å². The average Bonchev–Trinajstić information content (AvgIpc) is 3.21. The molecule has 1 aromatic carbocycles. The van der Waals surface area contributed by atoms with E-state index >= 15 is 0 Å². The van der Waals surface area contributed by atoms with Gasteiger partial charge in [-0.05, 0) is 24.6 Å². The van der Waals surface area contributed by atoms with Gasteiger partial charge < -0.3 is 19.5 Å². The Kier molecular flexibility index (Phi) is 7.21. The number of ether oxygens (including phenoxy) is 1. The van der Waals surface area contributed by atoms with Crippen molar-refractivity contribution in [2.75, 3.05) is 32.4 Å². The molecule has 2 N–H and O–H groups in total. The van der Waals surface area contributed by atoms with Gasteiger partial charge in [0.2, 0.25) is 17.7 Å². The molecule has 0 bridgehead atoms. The molecule has 0 saturated carbocycles. The topological polar surface area (TPSA) is 92.5 Å². The fourth-order valence-electron chi connectivity index (χ4n) is 3.84. The first kappa shape index (κ1) is 23.9. The lowest BCUT2D eigenvalue weighted by Crippen LogP contribution is -2.51. The number of carbonyl (C=O) groups excluding carboxylic acids is 1. The van der Waals surface area contributed by atoms with Crippen molar-refractivity contribution in [3.63, 3.8) is 0 Å². The van der Waals surface area contributed by atoms with E-state index in [-0.39, 0.29) is 48.3 Å². The minimum Gasteiger partial charge on any atom is -0.484 e. The molecule has 4 rings (SSSR count). The third-order valence-corrected chi connectivity index (χ3v) is 8.30.